The zero-order valence-electron chi connectivity index (χ0n) is 22.9. The molecule has 1 rings (SSSR count). The van der Waals surface area contributed by atoms with Gasteiger partial charge in [-0.3, -0.25) is 9.59 Å². The molecule has 3 unspecified atom stereocenters. The van der Waals surface area contributed by atoms with E-state index in [0.717, 1.165) is 18.4 Å². The summed E-state index contributed by atoms with van der Waals surface area (Å²) in [4.78, 5) is 41.8. The first-order valence-electron chi connectivity index (χ1n) is 12.5. The van der Waals surface area contributed by atoms with Crippen LogP contribution >= 0.6 is 12.6 Å². The molecular formula is C27H45N3O4S. The maximum Gasteiger partial charge on any atom is 0.408 e. The van der Waals surface area contributed by atoms with Crippen LogP contribution in [-0.4, -0.2) is 51.8 Å². The lowest BCUT2D eigenvalue weighted by molar-refractivity contribution is -0.149. The van der Waals surface area contributed by atoms with Gasteiger partial charge in [-0.05, 0) is 66.9 Å². The monoisotopic (exact) mass is 507 g/mol. The number of alkyl carbamates (subject to hydrolysis) is 1. The smallest absolute Gasteiger partial charge is 0.408 e. The Kier molecular flexibility index (Phi) is 11.6. The average Bonchev–Trinajstić information content (AvgIpc) is 2.74. The summed E-state index contributed by atoms with van der Waals surface area (Å²) in [5, 5.41) is 5.75. The number of aryl methyl sites for hydroxylation is 1. The first-order valence-corrected chi connectivity index (χ1v) is 13.1. The quantitative estimate of drug-likeness (QED) is 0.360. The fourth-order valence-corrected chi connectivity index (χ4v) is 3.99. The van der Waals surface area contributed by atoms with Crippen LogP contribution in [-0.2, 0) is 14.3 Å². The van der Waals surface area contributed by atoms with Gasteiger partial charge >= 0.3 is 6.09 Å². The number of nitrogens with zero attached hydrogens (tertiary/aromatic N) is 1. The van der Waals surface area contributed by atoms with Crippen molar-refractivity contribution in [2.75, 3.05) is 5.75 Å². The van der Waals surface area contributed by atoms with Crippen molar-refractivity contribution in [2.45, 2.75) is 111 Å². The second-order valence-electron chi connectivity index (χ2n) is 10.8. The van der Waals surface area contributed by atoms with Crippen molar-refractivity contribution in [1.82, 2.24) is 15.5 Å². The topological polar surface area (TPSA) is 87.7 Å². The molecule has 8 heteroatoms. The van der Waals surface area contributed by atoms with Gasteiger partial charge in [-0.25, -0.2) is 4.79 Å². The lowest BCUT2D eigenvalue weighted by Gasteiger charge is -2.44. The Morgan fingerprint density at radius 2 is 1.60 bits per heavy atom. The summed E-state index contributed by atoms with van der Waals surface area (Å²) in [5.41, 5.74) is 0.368. The number of carbonyl (C=O) groups excluding carboxylic acids is 3. The van der Waals surface area contributed by atoms with Crippen molar-refractivity contribution >= 4 is 30.5 Å². The van der Waals surface area contributed by atoms with Crippen LogP contribution < -0.4 is 10.6 Å². The van der Waals surface area contributed by atoms with Crippen LogP contribution in [0.2, 0.25) is 0 Å². The molecule has 0 radical (unpaired) electrons. The van der Waals surface area contributed by atoms with E-state index >= 15 is 0 Å². The van der Waals surface area contributed by atoms with Crippen LogP contribution in [0.15, 0.2) is 24.3 Å². The minimum atomic E-state index is -0.965. The van der Waals surface area contributed by atoms with Crippen LogP contribution in [0.5, 0.6) is 0 Å². The van der Waals surface area contributed by atoms with Gasteiger partial charge in [0.25, 0.3) is 0 Å². The summed E-state index contributed by atoms with van der Waals surface area (Å²) in [7, 11) is 0. The van der Waals surface area contributed by atoms with Gasteiger partial charge in [-0.2, -0.15) is 12.6 Å². The molecule has 2 N–H and O–H groups in total. The van der Waals surface area contributed by atoms with Crippen LogP contribution in [0.3, 0.4) is 0 Å². The molecule has 0 heterocycles. The van der Waals surface area contributed by atoms with Gasteiger partial charge in [0.15, 0.2) is 0 Å². The maximum atomic E-state index is 14.0. The largest absolute Gasteiger partial charge is 0.444 e. The number of benzene rings is 1. The van der Waals surface area contributed by atoms with Crippen LogP contribution in [0, 0.1) is 6.92 Å². The highest BCUT2D eigenvalue weighted by molar-refractivity contribution is 7.80. The molecule has 35 heavy (non-hydrogen) atoms. The summed E-state index contributed by atoms with van der Waals surface area (Å²) in [6, 6.07) is 5.75. The van der Waals surface area contributed by atoms with E-state index in [1.165, 1.54) is 0 Å². The lowest BCUT2D eigenvalue weighted by atomic mass is 9.91. The van der Waals surface area contributed by atoms with E-state index in [0.29, 0.717) is 12.0 Å². The molecule has 0 saturated heterocycles. The van der Waals surface area contributed by atoms with Gasteiger partial charge in [0.05, 0.1) is 0 Å². The summed E-state index contributed by atoms with van der Waals surface area (Å²) < 4.78 is 5.36. The Balaban J connectivity index is 3.52. The SMILES string of the molecule is CCCC(C)NC(=O)C(c1ccc(C)cc1)N(C(=O)C(CS)NC(=O)OC(C)(C)C)C(C)(C)CC. The fourth-order valence-electron chi connectivity index (χ4n) is 3.74. The number of ether oxygens (including phenoxy) is 1. The van der Waals surface area contributed by atoms with E-state index in [4.69, 9.17) is 4.74 Å². The average molecular weight is 508 g/mol. The maximum absolute atomic E-state index is 14.0. The lowest BCUT2D eigenvalue weighted by Crippen LogP contribution is -2.60. The number of hydrogen-bond donors (Lipinski definition) is 3. The highest BCUT2D eigenvalue weighted by Gasteiger charge is 2.43. The molecular weight excluding hydrogens is 462 g/mol. The van der Waals surface area contributed by atoms with Gasteiger partial charge < -0.3 is 20.3 Å². The van der Waals surface area contributed by atoms with Crippen molar-refractivity contribution in [3.63, 3.8) is 0 Å². The van der Waals surface area contributed by atoms with E-state index in [9.17, 15) is 14.4 Å². The molecule has 7 nitrogen and oxygen atoms in total. The second kappa shape index (κ2) is 13.2. The number of hydrogen-bond acceptors (Lipinski definition) is 5. The Morgan fingerprint density at radius 3 is 2.06 bits per heavy atom. The Morgan fingerprint density at radius 1 is 1.03 bits per heavy atom. The van der Waals surface area contributed by atoms with E-state index in [-0.39, 0.29) is 23.6 Å². The molecule has 0 aliphatic rings. The van der Waals surface area contributed by atoms with Gasteiger partial charge in [0.1, 0.15) is 17.7 Å². The molecule has 1 aromatic rings. The molecule has 0 fully saturated rings. The molecule has 1 aromatic carbocycles. The molecule has 3 amide bonds. The Labute approximate surface area is 217 Å². The molecule has 0 spiro atoms. The molecule has 0 aromatic heterocycles. The first-order chi connectivity index (χ1) is 16.2. The van der Waals surface area contributed by atoms with E-state index < -0.39 is 29.3 Å². The first kappa shape index (κ1) is 30.8. The van der Waals surface area contributed by atoms with Gasteiger partial charge in [-0.1, -0.05) is 50.1 Å². The number of rotatable bonds is 11. The van der Waals surface area contributed by atoms with Crippen molar-refractivity contribution < 1.29 is 19.1 Å². The third kappa shape index (κ3) is 9.39. The molecule has 0 saturated carbocycles. The minimum absolute atomic E-state index is 0.0392. The molecule has 0 aliphatic heterocycles. The molecule has 0 aliphatic carbocycles. The van der Waals surface area contributed by atoms with Crippen molar-refractivity contribution in [3.05, 3.63) is 35.4 Å². The van der Waals surface area contributed by atoms with Crippen LogP contribution in [0.1, 0.15) is 91.8 Å². The van der Waals surface area contributed by atoms with E-state index in [2.05, 4.69) is 30.2 Å². The highest BCUT2D eigenvalue weighted by Crippen LogP contribution is 2.32. The second-order valence-corrected chi connectivity index (χ2v) is 11.1. The zero-order valence-corrected chi connectivity index (χ0v) is 23.8. The molecule has 3 atom stereocenters. The molecule has 198 valence electrons. The summed E-state index contributed by atoms with van der Waals surface area (Å²) >= 11 is 4.35. The zero-order chi connectivity index (χ0) is 27.0. The number of amides is 3. The van der Waals surface area contributed by atoms with Crippen LogP contribution in [0.4, 0.5) is 4.79 Å². The summed E-state index contributed by atoms with van der Waals surface area (Å²) in [5.74, 6) is -0.579. The number of thiol groups is 1. The Hall–Kier alpha value is -2.22. The van der Waals surface area contributed by atoms with Crippen molar-refractivity contribution in [3.8, 4) is 0 Å². The van der Waals surface area contributed by atoms with E-state index in [1.807, 2.05) is 58.9 Å². The Bertz CT molecular complexity index is 849. The molecule has 0 bridgehead atoms. The van der Waals surface area contributed by atoms with Gasteiger partial charge in [-0.15, -0.1) is 0 Å². The standard InChI is InChI=1S/C27H45N3O4S/c1-10-12-19(4)28-23(31)22(20-15-13-18(3)14-16-20)30(27(8,9)11-2)24(32)21(17-35)29-25(33)34-26(5,6)7/h13-16,19,21-22,35H,10-12,17H2,1-9H3,(H,28,31)(H,29,33). The van der Waals surface area contributed by atoms with Gasteiger partial charge in [0, 0.05) is 17.3 Å². The number of carbonyl (C=O) groups is 3. The van der Waals surface area contributed by atoms with Gasteiger partial charge in [0.2, 0.25) is 11.8 Å². The summed E-state index contributed by atoms with van der Waals surface area (Å²) in [6.07, 6.45) is 1.66. The third-order valence-electron chi connectivity index (χ3n) is 5.94. The minimum Gasteiger partial charge on any atom is -0.444 e. The third-order valence-corrected chi connectivity index (χ3v) is 6.30. The normalized spacial score (nSPS) is 14.5. The summed E-state index contributed by atoms with van der Waals surface area (Å²) in [6.45, 7) is 17.1. The predicted molar refractivity (Wildman–Crippen MR) is 145 cm³/mol. The predicted octanol–water partition coefficient (Wildman–Crippen LogP) is 5.18. The van der Waals surface area contributed by atoms with E-state index in [1.54, 1.807) is 25.7 Å². The highest BCUT2D eigenvalue weighted by atomic mass is 32.1. The van der Waals surface area contributed by atoms with Crippen molar-refractivity contribution in [1.29, 1.82) is 0 Å². The number of nitrogens with one attached hydrogen (secondary N) is 2. The van der Waals surface area contributed by atoms with Crippen LogP contribution in [0.25, 0.3) is 0 Å². The van der Waals surface area contributed by atoms with Crippen molar-refractivity contribution in [2.24, 2.45) is 0 Å². The fraction of sp³-hybridized carbons (Fsp3) is 0.667.